The van der Waals surface area contributed by atoms with Crippen LogP contribution < -0.4 is 10.6 Å². The van der Waals surface area contributed by atoms with Crippen molar-refractivity contribution in [2.75, 3.05) is 13.1 Å². The van der Waals surface area contributed by atoms with Crippen molar-refractivity contribution in [1.29, 1.82) is 0 Å². The highest BCUT2D eigenvalue weighted by molar-refractivity contribution is 6.20. The van der Waals surface area contributed by atoms with Gasteiger partial charge in [0.1, 0.15) is 0 Å². The normalized spacial score (nSPS) is 30.2. The smallest absolute Gasteiger partial charge is 0.156 e. The van der Waals surface area contributed by atoms with Gasteiger partial charge in [0, 0.05) is 18.5 Å². The number of carbonyl (C=O) groups excluding carboxylic acids is 1. The van der Waals surface area contributed by atoms with Crippen molar-refractivity contribution < 1.29 is 4.79 Å². The van der Waals surface area contributed by atoms with Crippen molar-refractivity contribution >= 4 is 17.4 Å². The van der Waals surface area contributed by atoms with E-state index in [9.17, 15) is 4.79 Å². The Bertz CT molecular complexity index is 192. The lowest BCUT2D eigenvalue weighted by Gasteiger charge is -2.31. The second-order valence-electron chi connectivity index (χ2n) is 4.45. The number of piperazine rings is 1. The van der Waals surface area contributed by atoms with E-state index in [1.165, 1.54) is 0 Å². The van der Waals surface area contributed by atoms with E-state index in [0.717, 1.165) is 0 Å². The average molecular weight is 205 g/mol. The van der Waals surface area contributed by atoms with Gasteiger partial charge in [0.05, 0.1) is 11.5 Å². The summed E-state index contributed by atoms with van der Waals surface area (Å²) in [6.45, 7) is 7.08. The summed E-state index contributed by atoms with van der Waals surface area (Å²) in [6, 6.07) is -0.0880. The molecule has 1 saturated heterocycles. The fourth-order valence-corrected chi connectivity index (χ4v) is 1.52. The van der Waals surface area contributed by atoms with Crippen molar-refractivity contribution in [3.63, 3.8) is 0 Å². The van der Waals surface area contributed by atoms with Crippen LogP contribution in [0.15, 0.2) is 0 Å². The van der Waals surface area contributed by atoms with E-state index in [-0.39, 0.29) is 22.7 Å². The van der Waals surface area contributed by atoms with Crippen LogP contribution in [0.4, 0.5) is 0 Å². The molecule has 1 aliphatic rings. The third-order valence-electron chi connectivity index (χ3n) is 2.14. The number of hydrogen-bond donors (Lipinski definition) is 2. The zero-order valence-electron chi connectivity index (χ0n) is 8.36. The summed E-state index contributed by atoms with van der Waals surface area (Å²) in [5, 5.41) is 6.20. The van der Waals surface area contributed by atoms with Crippen molar-refractivity contribution in [3.05, 3.63) is 0 Å². The molecule has 76 valence electrons. The molecular formula is C9H17ClN2O. The van der Waals surface area contributed by atoms with Crippen LogP contribution in [0.1, 0.15) is 20.8 Å². The van der Waals surface area contributed by atoms with E-state index in [4.69, 9.17) is 11.6 Å². The monoisotopic (exact) mass is 204 g/mol. The molecule has 2 atom stereocenters. The van der Waals surface area contributed by atoms with E-state index in [1.807, 2.05) is 20.8 Å². The molecule has 0 spiro atoms. The molecule has 13 heavy (non-hydrogen) atoms. The van der Waals surface area contributed by atoms with Gasteiger partial charge in [0.15, 0.2) is 5.78 Å². The third-order valence-corrected chi connectivity index (χ3v) is 2.45. The third kappa shape index (κ3) is 2.93. The van der Waals surface area contributed by atoms with Crippen LogP contribution >= 0.6 is 11.6 Å². The number of halogens is 1. The maximum absolute atomic E-state index is 11.8. The average Bonchev–Trinajstić information content (AvgIpc) is 2.03. The summed E-state index contributed by atoms with van der Waals surface area (Å²) in [7, 11) is 0. The SMILES string of the molecule is CC(C)(C)C(=O)C1CNC(Cl)CN1. The van der Waals surface area contributed by atoms with Gasteiger partial charge in [-0.15, -0.1) is 11.6 Å². The van der Waals surface area contributed by atoms with Crippen LogP contribution in [0, 0.1) is 5.41 Å². The molecule has 2 unspecified atom stereocenters. The molecule has 0 amide bonds. The first-order chi connectivity index (χ1) is 5.91. The summed E-state index contributed by atoms with van der Waals surface area (Å²) < 4.78 is 0. The number of alkyl halides is 1. The first-order valence-electron chi connectivity index (χ1n) is 4.56. The number of carbonyl (C=O) groups is 1. The maximum Gasteiger partial charge on any atom is 0.156 e. The van der Waals surface area contributed by atoms with Crippen molar-refractivity contribution in [2.24, 2.45) is 5.41 Å². The minimum Gasteiger partial charge on any atom is -0.304 e. The van der Waals surface area contributed by atoms with E-state index in [0.29, 0.717) is 13.1 Å². The fraction of sp³-hybridized carbons (Fsp3) is 0.889. The Kier molecular flexibility index (Phi) is 3.33. The van der Waals surface area contributed by atoms with Crippen molar-refractivity contribution in [1.82, 2.24) is 10.6 Å². The lowest BCUT2D eigenvalue weighted by Crippen LogP contribution is -2.57. The van der Waals surface area contributed by atoms with Gasteiger partial charge in [-0.2, -0.15) is 0 Å². The van der Waals surface area contributed by atoms with Crippen LogP contribution in [0.5, 0.6) is 0 Å². The zero-order chi connectivity index (χ0) is 10.1. The first-order valence-corrected chi connectivity index (χ1v) is 5.00. The zero-order valence-corrected chi connectivity index (χ0v) is 9.11. The maximum atomic E-state index is 11.8. The molecular weight excluding hydrogens is 188 g/mol. The molecule has 1 fully saturated rings. The Balaban J connectivity index is 2.50. The molecule has 0 aromatic heterocycles. The minimum absolute atomic E-state index is 0.0518. The highest BCUT2D eigenvalue weighted by Gasteiger charge is 2.31. The van der Waals surface area contributed by atoms with Crippen LogP contribution in [0.3, 0.4) is 0 Å². The molecule has 0 aromatic carbocycles. The highest BCUT2D eigenvalue weighted by atomic mass is 35.5. The lowest BCUT2D eigenvalue weighted by atomic mass is 9.86. The Morgan fingerprint density at radius 3 is 2.31 bits per heavy atom. The second-order valence-corrected chi connectivity index (χ2v) is 4.98. The Morgan fingerprint density at radius 2 is 1.92 bits per heavy atom. The van der Waals surface area contributed by atoms with Gasteiger partial charge in [0.25, 0.3) is 0 Å². The molecule has 3 nitrogen and oxygen atoms in total. The Hall–Kier alpha value is -0.120. The predicted molar refractivity (Wildman–Crippen MR) is 53.9 cm³/mol. The van der Waals surface area contributed by atoms with E-state index >= 15 is 0 Å². The molecule has 0 radical (unpaired) electrons. The summed E-state index contributed by atoms with van der Waals surface area (Å²) in [6.07, 6.45) is 0. The van der Waals surface area contributed by atoms with E-state index in [2.05, 4.69) is 10.6 Å². The minimum atomic E-state index is -0.279. The molecule has 0 saturated carbocycles. The summed E-state index contributed by atoms with van der Waals surface area (Å²) in [4.78, 5) is 11.8. The fourth-order valence-electron chi connectivity index (χ4n) is 1.34. The quantitative estimate of drug-likeness (QED) is 0.489. The number of Topliss-reactive ketones (excluding diaryl/α,β-unsaturated/α-hetero) is 1. The first kappa shape index (κ1) is 11.0. The molecule has 1 aliphatic heterocycles. The van der Waals surface area contributed by atoms with Crippen molar-refractivity contribution in [2.45, 2.75) is 32.3 Å². The topological polar surface area (TPSA) is 41.1 Å². The van der Waals surface area contributed by atoms with Crippen molar-refractivity contribution in [3.8, 4) is 0 Å². The van der Waals surface area contributed by atoms with E-state index in [1.54, 1.807) is 0 Å². The molecule has 0 aliphatic carbocycles. The molecule has 1 rings (SSSR count). The van der Waals surface area contributed by atoms with Gasteiger partial charge >= 0.3 is 0 Å². The van der Waals surface area contributed by atoms with Crippen LogP contribution in [-0.2, 0) is 4.79 Å². The van der Waals surface area contributed by atoms with Crippen LogP contribution in [0.25, 0.3) is 0 Å². The van der Waals surface area contributed by atoms with Crippen LogP contribution in [-0.4, -0.2) is 30.4 Å². The van der Waals surface area contributed by atoms with Crippen LogP contribution in [0.2, 0.25) is 0 Å². The van der Waals surface area contributed by atoms with Gasteiger partial charge in [0.2, 0.25) is 0 Å². The molecule has 0 aromatic rings. The van der Waals surface area contributed by atoms with Gasteiger partial charge < -0.3 is 5.32 Å². The standard InChI is InChI=1S/C9H17ClN2O/c1-9(2,3)8(13)6-4-12-7(10)5-11-6/h6-7,11-12H,4-5H2,1-3H3. The number of rotatable bonds is 1. The summed E-state index contributed by atoms with van der Waals surface area (Å²) in [5.74, 6) is 0.239. The van der Waals surface area contributed by atoms with Gasteiger partial charge in [-0.3, -0.25) is 10.1 Å². The number of ketones is 1. The van der Waals surface area contributed by atoms with E-state index < -0.39 is 0 Å². The summed E-state index contributed by atoms with van der Waals surface area (Å²) in [5.41, 5.74) is -0.331. The second kappa shape index (κ2) is 3.95. The lowest BCUT2D eigenvalue weighted by molar-refractivity contribution is -0.128. The molecule has 4 heteroatoms. The Morgan fingerprint density at radius 1 is 1.31 bits per heavy atom. The van der Waals surface area contributed by atoms with Gasteiger partial charge in [-0.05, 0) is 0 Å². The summed E-state index contributed by atoms with van der Waals surface area (Å²) >= 11 is 5.82. The predicted octanol–water partition coefficient (Wildman–Crippen LogP) is 0.728. The highest BCUT2D eigenvalue weighted by Crippen LogP contribution is 2.17. The molecule has 2 N–H and O–H groups in total. The number of nitrogens with one attached hydrogen (secondary N) is 2. The Labute approximate surface area is 84.2 Å². The van der Waals surface area contributed by atoms with Gasteiger partial charge in [-0.1, -0.05) is 20.8 Å². The molecule has 1 heterocycles. The van der Waals surface area contributed by atoms with Gasteiger partial charge in [-0.25, -0.2) is 0 Å². The largest absolute Gasteiger partial charge is 0.304 e. The number of hydrogen-bond acceptors (Lipinski definition) is 3. The molecule has 0 bridgehead atoms.